The zero-order valence-corrected chi connectivity index (χ0v) is 12.5. The summed E-state index contributed by atoms with van der Waals surface area (Å²) < 4.78 is 6.60. The minimum atomic E-state index is 0.0917. The van der Waals surface area contributed by atoms with Crippen molar-refractivity contribution in [3.8, 4) is 0 Å². The minimum absolute atomic E-state index is 0.0917. The van der Waals surface area contributed by atoms with E-state index in [1.807, 2.05) is 36.2 Å². The molecule has 1 heterocycles. The van der Waals surface area contributed by atoms with Gasteiger partial charge in [0.2, 0.25) is 0 Å². The molecule has 0 bridgehead atoms. The quantitative estimate of drug-likeness (QED) is 0.828. The van der Waals surface area contributed by atoms with Crippen molar-refractivity contribution >= 4 is 28.5 Å². The summed E-state index contributed by atoms with van der Waals surface area (Å²) in [6, 6.07) is 7.69. The number of morpholine rings is 1. The number of nitrogens with one attached hydrogen (secondary N) is 1. The largest absolute Gasteiger partial charge is 0.373 e. The van der Waals surface area contributed by atoms with Crippen molar-refractivity contribution in [3.63, 3.8) is 0 Å². The van der Waals surface area contributed by atoms with Crippen LogP contribution in [0.1, 0.15) is 10.4 Å². The topological polar surface area (TPSA) is 41.6 Å². The standard InChI is InChI=1S/C13H17IN2O2/c1-15-8-10-9-16(6-7-18-10)13(17)11-4-2-3-5-12(11)14/h2-5,10,15H,6-9H2,1H3. The van der Waals surface area contributed by atoms with E-state index in [0.29, 0.717) is 19.7 Å². The molecule has 1 aliphatic heterocycles. The van der Waals surface area contributed by atoms with Gasteiger partial charge in [0, 0.05) is 23.2 Å². The van der Waals surface area contributed by atoms with Crippen LogP contribution in [0, 0.1) is 3.57 Å². The first-order valence-electron chi connectivity index (χ1n) is 6.02. The number of hydrogen-bond donors (Lipinski definition) is 1. The predicted octanol–water partition coefficient (Wildman–Crippen LogP) is 1.35. The smallest absolute Gasteiger partial charge is 0.255 e. The molecule has 0 aliphatic carbocycles. The van der Waals surface area contributed by atoms with Crippen LogP contribution >= 0.6 is 22.6 Å². The van der Waals surface area contributed by atoms with E-state index >= 15 is 0 Å². The zero-order chi connectivity index (χ0) is 13.0. The van der Waals surface area contributed by atoms with Crippen LogP contribution in [-0.2, 0) is 4.74 Å². The Labute approximate surface area is 121 Å². The van der Waals surface area contributed by atoms with Gasteiger partial charge in [-0.1, -0.05) is 12.1 Å². The molecule has 1 amide bonds. The molecule has 1 atom stereocenters. The molecule has 0 saturated carbocycles. The second-order valence-corrected chi connectivity index (χ2v) is 5.44. The van der Waals surface area contributed by atoms with Crippen molar-refractivity contribution in [1.82, 2.24) is 10.2 Å². The van der Waals surface area contributed by atoms with Gasteiger partial charge in [-0.25, -0.2) is 0 Å². The Morgan fingerprint density at radius 3 is 3.06 bits per heavy atom. The molecule has 0 aromatic heterocycles. The molecule has 0 radical (unpaired) electrons. The Morgan fingerprint density at radius 2 is 2.33 bits per heavy atom. The Kier molecular flexibility index (Phi) is 4.96. The number of ether oxygens (including phenoxy) is 1. The lowest BCUT2D eigenvalue weighted by molar-refractivity contribution is -0.0196. The van der Waals surface area contributed by atoms with Gasteiger partial charge in [-0.05, 0) is 41.8 Å². The number of benzene rings is 1. The van der Waals surface area contributed by atoms with Crippen molar-refractivity contribution in [1.29, 1.82) is 0 Å². The highest BCUT2D eigenvalue weighted by atomic mass is 127. The van der Waals surface area contributed by atoms with Crippen LogP contribution in [0.5, 0.6) is 0 Å². The molecule has 4 nitrogen and oxygen atoms in total. The van der Waals surface area contributed by atoms with E-state index in [0.717, 1.165) is 15.7 Å². The van der Waals surface area contributed by atoms with Gasteiger partial charge in [0.15, 0.2) is 0 Å². The summed E-state index contributed by atoms with van der Waals surface area (Å²) in [7, 11) is 1.89. The van der Waals surface area contributed by atoms with E-state index in [4.69, 9.17) is 4.74 Å². The van der Waals surface area contributed by atoms with Gasteiger partial charge in [-0.3, -0.25) is 4.79 Å². The van der Waals surface area contributed by atoms with Crippen molar-refractivity contribution in [2.24, 2.45) is 0 Å². The highest BCUT2D eigenvalue weighted by Gasteiger charge is 2.25. The number of rotatable bonds is 3. The number of amides is 1. The Hall–Kier alpha value is -0.660. The third-order valence-corrected chi connectivity index (χ3v) is 3.90. The third kappa shape index (κ3) is 3.21. The molecule has 1 aromatic rings. The summed E-state index contributed by atoms with van der Waals surface area (Å²) in [6.07, 6.45) is 0.0917. The van der Waals surface area contributed by atoms with Crippen LogP contribution in [0.25, 0.3) is 0 Å². The molecule has 2 rings (SSSR count). The summed E-state index contributed by atoms with van der Waals surface area (Å²) in [4.78, 5) is 14.3. The van der Waals surface area contributed by atoms with Crippen LogP contribution < -0.4 is 5.32 Å². The van der Waals surface area contributed by atoms with Crippen LogP contribution in [0.15, 0.2) is 24.3 Å². The average molecular weight is 360 g/mol. The van der Waals surface area contributed by atoms with Gasteiger partial charge >= 0.3 is 0 Å². The van der Waals surface area contributed by atoms with Crippen LogP contribution in [-0.4, -0.2) is 50.2 Å². The van der Waals surface area contributed by atoms with E-state index in [1.165, 1.54) is 0 Å². The molecule has 5 heteroatoms. The average Bonchev–Trinajstić information content (AvgIpc) is 2.39. The molecule has 1 N–H and O–H groups in total. The lowest BCUT2D eigenvalue weighted by atomic mass is 10.1. The van der Waals surface area contributed by atoms with Gasteiger partial charge < -0.3 is 15.0 Å². The molecular weight excluding hydrogens is 343 g/mol. The molecule has 98 valence electrons. The van der Waals surface area contributed by atoms with Gasteiger partial charge in [0.1, 0.15) is 0 Å². The lowest BCUT2D eigenvalue weighted by Crippen LogP contribution is -2.48. The molecule has 1 aromatic carbocycles. The first-order valence-corrected chi connectivity index (χ1v) is 7.10. The molecule has 1 saturated heterocycles. The fraction of sp³-hybridized carbons (Fsp3) is 0.462. The maximum absolute atomic E-state index is 12.4. The van der Waals surface area contributed by atoms with Gasteiger partial charge in [0.25, 0.3) is 5.91 Å². The van der Waals surface area contributed by atoms with E-state index < -0.39 is 0 Å². The summed E-state index contributed by atoms with van der Waals surface area (Å²) in [5.41, 5.74) is 0.781. The first kappa shape index (κ1) is 13.8. The minimum Gasteiger partial charge on any atom is -0.373 e. The maximum atomic E-state index is 12.4. The fourth-order valence-corrected chi connectivity index (χ4v) is 2.68. The Balaban J connectivity index is 2.07. The second-order valence-electron chi connectivity index (χ2n) is 4.28. The molecule has 18 heavy (non-hydrogen) atoms. The van der Waals surface area contributed by atoms with Crippen LogP contribution in [0.2, 0.25) is 0 Å². The van der Waals surface area contributed by atoms with E-state index in [1.54, 1.807) is 0 Å². The summed E-state index contributed by atoms with van der Waals surface area (Å²) >= 11 is 2.20. The second kappa shape index (κ2) is 6.49. The number of halogens is 1. The lowest BCUT2D eigenvalue weighted by Gasteiger charge is -2.33. The summed E-state index contributed by atoms with van der Waals surface area (Å²) in [5.74, 6) is 0.101. The molecule has 1 aliphatic rings. The van der Waals surface area contributed by atoms with Gasteiger partial charge in [-0.2, -0.15) is 0 Å². The Bertz CT molecular complexity index is 423. The van der Waals surface area contributed by atoms with Crippen molar-refractivity contribution in [3.05, 3.63) is 33.4 Å². The van der Waals surface area contributed by atoms with Crippen LogP contribution in [0.4, 0.5) is 0 Å². The molecular formula is C13H17IN2O2. The Morgan fingerprint density at radius 1 is 1.56 bits per heavy atom. The number of carbonyl (C=O) groups is 1. The van der Waals surface area contributed by atoms with E-state index in [2.05, 4.69) is 27.9 Å². The highest BCUT2D eigenvalue weighted by Crippen LogP contribution is 2.16. The SMILES string of the molecule is CNCC1CN(C(=O)c2ccccc2I)CCO1. The van der Waals surface area contributed by atoms with Crippen molar-refractivity contribution in [2.45, 2.75) is 6.10 Å². The van der Waals surface area contributed by atoms with Gasteiger partial charge in [0.05, 0.1) is 18.3 Å². The highest BCUT2D eigenvalue weighted by molar-refractivity contribution is 14.1. The number of carbonyl (C=O) groups excluding carboxylic acids is 1. The number of likely N-dealkylation sites (N-methyl/N-ethyl adjacent to an activating group) is 1. The molecule has 0 spiro atoms. The van der Waals surface area contributed by atoms with Crippen molar-refractivity contribution in [2.75, 3.05) is 33.3 Å². The normalized spacial score (nSPS) is 19.9. The summed E-state index contributed by atoms with van der Waals surface area (Å²) in [5, 5.41) is 3.08. The molecule has 1 fully saturated rings. The predicted molar refractivity (Wildman–Crippen MR) is 78.7 cm³/mol. The number of hydrogen-bond acceptors (Lipinski definition) is 3. The zero-order valence-electron chi connectivity index (χ0n) is 10.4. The summed E-state index contributed by atoms with van der Waals surface area (Å²) in [6.45, 7) is 2.71. The van der Waals surface area contributed by atoms with E-state index in [9.17, 15) is 4.79 Å². The first-order chi connectivity index (χ1) is 8.72. The van der Waals surface area contributed by atoms with Gasteiger partial charge in [-0.15, -0.1) is 0 Å². The van der Waals surface area contributed by atoms with E-state index in [-0.39, 0.29) is 12.0 Å². The third-order valence-electron chi connectivity index (χ3n) is 2.96. The monoisotopic (exact) mass is 360 g/mol. The van der Waals surface area contributed by atoms with Crippen molar-refractivity contribution < 1.29 is 9.53 Å². The fourth-order valence-electron chi connectivity index (χ4n) is 2.06. The molecule has 1 unspecified atom stereocenters. The van der Waals surface area contributed by atoms with Crippen LogP contribution in [0.3, 0.4) is 0 Å². The number of nitrogens with zero attached hydrogens (tertiary/aromatic N) is 1. The maximum Gasteiger partial charge on any atom is 0.255 e.